The largest absolute Gasteiger partial charge is 0.353 e. The maximum Gasteiger partial charge on any atom is 0.239 e. The Morgan fingerprint density at radius 2 is 1.96 bits per heavy atom. The number of carbonyl (C=O) groups is 2. The predicted octanol–water partition coefficient (Wildman–Crippen LogP) is 1.46. The van der Waals surface area contributed by atoms with E-state index in [1.54, 1.807) is 4.90 Å². The summed E-state index contributed by atoms with van der Waals surface area (Å²) in [4.78, 5) is 28.1. The van der Waals surface area contributed by atoms with Crippen molar-refractivity contribution in [2.24, 2.45) is 0 Å². The summed E-state index contributed by atoms with van der Waals surface area (Å²) < 4.78 is 0. The highest BCUT2D eigenvalue weighted by Gasteiger charge is 2.31. The average molecular weight is 317 g/mol. The SMILES string of the molecule is CCN(CC)CCNC(=O)CN1CC(c2ccccc2)CC1=O. The van der Waals surface area contributed by atoms with Crippen LogP contribution in [0.1, 0.15) is 31.7 Å². The Kier molecular flexibility index (Phi) is 6.59. The molecule has 0 spiro atoms. The van der Waals surface area contributed by atoms with Crippen molar-refractivity contribution in [3.8, 4) is 0 Å². The topological polar surface area (TPSA) is 52.7 Å². The maximum atomic E-state index is 12.1. The first kappa shape index (κ1) is 17.5. The van der Waals surface area contributed by atoms with E-state index in [0.29, 0.717) is 19.5 Å². The molecule has 2 rings (SSSR count). The number of rotatable bonds is 8. The third-order valence-electron chi connectivity index (χ3n) is 4.46. The molecule has 0 bridgehead atoms. The molecule has 1 saturated heterocycles. The Bertz CT molecular complexity index is 514. The fraction of sp³-hybridized carbons (Fsp3) is 0.556. The summed E-state index contributed by atoms with van der Waals surface area (Å²) >= 11 is 0. The van der Waals surface area contributed by atoms with Gasteiger partial charge in [0.1, 0.15) is 0 Å². The van der Waals surface area contributed by atoms with E-state index in [1.165, 1.54) is 5.56 Å². The summed E-state index contributed by atoms with van der Waals surface area (Å²) in [6.07, 6.45) is 0.497. The molecule has 0 aromatic heterocycles. The lowest BCUT2D eigenvalue weighted by atomic mass is 9.99. The van der Waals surface area contributed by atoms with E-state index in [4.69, 9.17) is 0 Å². The molecule has 1 fully saturated rings. The molecule has 5 heteroatoms. The van der Waals surface area contributed by atoms with Crippen LogP contribution in [0, 0.1) is 0 Å². The van der Waals surface area contributed by atoms with Crippen molar-refractivity contribution >= 4 is 11.8 Å². The van der Waals surface area contributed by atoms with Crippen molar-refractivity contribution in [3.05, 3.63) is 35.9 Å². The van der Waals surface area contributed by atoms with Gasteiger partial charge in [-0.05, 0) is 18.7 Å². The Labute approximate surface area is 138 Å². The number of nitrogens with zero attached hydrogens (tertiary/aromatic N) is 2. The summed E-state index contributed by atoms with van der Waals surface area (Å²) in [5, 5.41) is 2.91. The minimum absolute atomic E-state index is 0.0674. The second-order valence-corrected chi connectivity index (χ2v) is 5.96. The average Bonchev–Trinajstić information content (AvgIpc) is 2.93. The van der Waals surface area contributed by atoms with Crippen LogP contribution in [0.25, 0.3) is 0 Å². The molecule has 1 heterocycles. The molecule has 5 nitrogen and oxygen atoms in total. The molecule has 23 heavy (non-hydrogen) atoms. The fourth-order valence-electron chi connectivity index (χ4n) is 3.00. The predicted molar refractivity (Wildman–Crippen MR) is 91.2 cm³/mol. The van der Waals surface area contributed by atoms with E-state index in [0.717, 1.165) is 19.6 Å². The van der Waals surface area contributed by atoms with Crippen molar-refractivity contribution in [1.82, 2.24) is 15.1 Å². The third kappa shape index (κ3) is 5.06. The third-order valence-corrected chi connectivity index (χ3v) is 4.46. The van der Waals surface area contributed by atoms with Crippen LogP contribution in [0.3, 0.4) is 0 Å². The van der Waals surface area contributed by atoms with Gasteiger partial charge in [-0.2, -0.15) is 0 Å². The molecule has 1 N–H and O–H groups in total. The molecule has 0 radical (unpaired) electrons. The molecule has 1 aromatic rings. The van der Waals surface area contributed by atoms with Gasteiger partial charge in [0, 0.05) is 32.0 Å². The van der Waals surface area contributed by atoms with Gasteiger partial charge < -0.3 is 15.1 Å². The summed E-state index contributed by atoms with van der Waals surface area (Å²) in [7, 11) is 0. The molecular weight excluding hydrogens is 290 g/mol. The first-order chi connectivity index (χ1) is 11.1. The number of hydrogen-bond donors (Lipinski definition) is 1. The van der Waals surface area contributed by atoms with Crippen LogP contribution >= 0.6 is 0 Å². The molecule has 126 valence electrons. The van der Waals surface area contributed by atoms with Gasteiger partial charge in [-0.1, -0.05) is 44.2 Å². The van der Waals surface area contributed by atoms with E-state index in [9.17, 15) is 9.59 Å². The Morgan fingerprint density at radius 1 is 1.26 bits per heavy atom. The van der Waals surface area contributed by atoms with Crippen LogP contribution in [0.15, 0.2) is 30.3 Å². The Morgan fingerprint density at radius 3 is 2.61 bits per heavy atom. The number of hydrogen-bond acceptors (Lipinski definition) is 3. The number of likely N-dealkylation sites (N-methyl/N-ethyl adjacent to an activating group) is 1. The zero-order valence-corrected chi connectivity index (χ0v) is 14.1. The van der Waals surface area contributed by atoms with E-state index < -0.39 is 0 Å². The monoisotopic (exact) mass is 317 g/mol. The van der Waals surface area contributed by atoms with Crippen LogP contribution in [0.4, 0.5) is 0 Å². The number of carbonyl (C=O) groups excluding carboxylic acids is 2. The molecule has 1 aromatic carbocycles. The van der Waals surface area contributed by atoms with E-state index in [-0.39, 0.29) is 24.3 Å². The highest BCUT2D eigenvalue weighted by Crippen LogP contribution is 2.27. The van der Waals surface area contributed by atoms with Crippen molar-refractivity contribution in [2.45, 2.75) is 26.2 Å². The van der Waals surface area contributed by atoms with Crippen molar-refractivity contribution < 1.29 is 9.59 Å². The van der Waals surface area contributed by atoms with Gasteiger partial charge >= 0.3 is 0 Å². The zero-order valence-electron chi connectivity index (χ0n) is 14.1. The second-order valence-electron chi connectivity index (χ2n) is 5.96. The Hall–Kier alpha value is -1.88. The number of benzene rings is 1. The summed E-state index contributed by atoms with van der Waals surface area (Å²) in [5.74, 6) is 0.198. The molecule has 0 aliphatic carbocycles. The van der Waals surface area contributed by atoms with Crippen LogP contribution in [0.5, 0.6) is 0 Å². The number of nitrogens with one attached hydrogen (secondary N) is 1. The van der Waals surface area contributed by atoms with Gasteiger partial charge in [0.25, 0.3) is 0 Å². The summed E-state index contributed by atoms with van der Waals surface area (Å²) in [6, 6.07) is 10.0. The number of amides is 2. The van der Waals surface area contributed by atoms with E-state index >= 15 is 0 Å². The van der Waals surface area contributed by atoms with E-state index in [1.807, 2.05) is 30.3 Å². The summed E-state index contributed by atoms with van der Waals surface area (Å²) in [5.41, 5.74) is 1.17. The summed E-state index contributed by atoms with van der Waals surface area (Å²) in [6.45, 7) is 8.46. The Balaban J connectivity index is 1.77. The van der Waals surface area contributed by atoms with Gasteiger partial charge in [-0.25, -0.2) is 0 Å². The molecule has 2 amide bonds. The molecule has 1 aliphatic rings. The molecule has 0 saturated carbocycles. The maximum absolute atomic E-state index is 12.1. The van der Waals surface area contributed by atoms with Gasteiger partial charge in [0.05, 0.1) is 6.54 Å². The molecular formula is C18H27N3O2. The van der Waals surface area contributed by atoms with Crippen molar-refractivity contribution in [2.75, 3.05) is 39.3 Å². The normalized spacial score (nSPS) is 17.8. The smallest absolute Gasteiger partial charge is 0.239 e. The standard InChI is InChI=1S/C18H27N3O2/c1-3-20(4-2)11-10-19-17(22)14-21-13-16(12-18(21)23)15-8-6-5-7-9-15/h5-9,16H,3-4,10-14H2,1-2H3,(H,19,22). The first-order valence-electron chi connectivity index (χ1n) is 8.45. The van der Waals surface area contributed by atoms with Crippen LogP contribution in [0.2, 0.25) is 0 Å². The van der Waals surface area contributed by atoms with Crippen molar-refractivity contribution in [3.63, 3.8) is 0 Å². The van der Waals surface area contributed by atoms with Gasteiger partial charge in [-0.3, -0.25) is 9.59 Å². The molecule has 1 aliphatic heterocycles. The minimum atomic E-state index is -0.0702. The van der Waals surface area contributed by atoms with Gasteiger partial charge in [-0.15, -0.1) is 0 Å². The second kappa shape index (κ2) is 8.67. The minimum Gasteiger partial charge on any atom is -0.353 e. The highest BCUT2D eigenvalue weighted by atomic mass is 16.2. The lowest BCUT2D eigenvalue weighted by Crippen LogP contribution is -2.41. The van der Waals surface area contributed by atoms with Crippen LogP contribution in [-0.4, -0.2) is 60.9 Å². The van der Waals surface area contributed by atoms with Crippen LogP contribution < -0.4 is 5.32 Å². The van der Waals surface area contributed by atoms with Crippen LogP contribution in [-0.2, 0) is 9.59 Å². The van der Waals surface area contributed by atoms with Gasteiger partial charge in [0.2, 0.25) is 11.8 Å². The zero-order chi connectivity index (χ0) is 16.7. The van der Waals surface area contributed by atoms with E-state index in [2.05, 4.69) is 24.1 Å². The highest BCUT2D eigenvalue weighted by molar-refractivity contribution is 5.86. The number of likely N-dealkylation sites (tertiary alicyclic amines) is 1. The molecule has 1 atom stereocenters. The molecule has 1 unspecified atom stereocenters. The van der Waals surface area contributed by atoms with Crippen molar-refractivity contribution in [1.29, 1.82) is 0 Å². The lowest BCUT2D eigenvalue weighted by molar-refractivity contribution is -0.133. The fourth-order valence-corrected chi connectivity index (χ4v) is 3.00. The van der Waals surface area contributed by atoms with Gasteiger partial charge in [0.15, 0.2) is 0 Å². The quantitative estimate of drug-likeness (QED) is 0.790. The lowest BCUT2D eigenvalue weighted by Gasteiger charge is -2.19. The first-order valence-corrected chi connectivity index (χ1v) is 8.45.